The van der Waals surface area contributed by atoms with E-state index in [2.05, 4.69) is 27.4 Å². The van der Waals surface area contributed by atoms with Crippen molar-refractivity contribution < 1.29 is 13.9 Å². The van der Waals surface area contributed by atoms with Gasteiger partial charge in [0.1, 0.15) is 11.9 Å². The third-order valence-electron chi connectivity index (χ3n) is 3.67. The van der Waals surface area contributed by atoms with E-state index in [1.165, 1.54) is 29.2 Å². The molecule has 2 heterocycles. The first-order chi connectivity index (χ1) is 12.6. The summed E-state index contributed by atoms with van der Waals surface area (Å²) in [7, 11) is 0. The molecule has 1 aromatic carbocycles. The Balaban J connectivity index is 1.65. The molecule has 0 saturated carbocycles. The minimum absolute atomic E-state index is 0.0999. The number of amides is 1. The van der Waals surface area contributed by atoms with E-state index in [9.17, 15) is 9.18 Å². The summed E-state index contributed by atoms with van der Waals surface area (Å²) in [5, 5.41) is 11.4. The number of anilines is 1. The van der Waals surface area contributed by atoms with Gasteiger partial charge in [-0.2, -0.15) is 0 Å². The van der Waals surface area contributed by atoms with Gasteiger partial charge in [0.05, 0.1) is 11.8 Å². The topological polar surface area (TPSA) is 77.0 Å². The highest BCUT2D eigenvalue weighted by Gasteiger charge is 2.17. The molecule has 3 aromatic rings. The number of carbonyl (C=O) groups excluding carboxylic acids is 1. The first-order valence-electron chi connectivity index (χ1n) is 8.06. The molecule has 0 aliphatic rings. The number of aromatic nitrogens is 3. The Morgan fingerprint density at radius 2 is 2.04 bits per heavy atom. The van der Waals surface area contributed by atoms with E-state index in [1.807, 2.05) is 31.2 Å². The van der Waals surface area contributed by atoms with Gasteiger partial charge in [-0.3, -0.25) is 15.1 Å². The molecule has 0 radical (unpaired) electrons. The van der Waals surface area contributed by atoms with Crippen LogP contribution in [0.1, 0.15) is 40.9 Å². The standard InChI is InChI=1S/C18H17FN4O2S/c1-3-12-4-6-13(7-5-12)25-11(2)17-22-23-18(26-17)21-16(24)14-8-9-20-10-15(14)19/h4-11H,3H2,1-2H3,(H,21,23,24). The third kappa shape index (κ3) is 4.20. The van der Waals surface area contributed by atoms with Gasteiger partial charge in [0.15, 0.2) is 10.8 Å². The molecule has 0 saturated heterocycles. The van der Waals surface area contributed by atoms with E-state index in [0.717, 1.165) is 18.4 Å². The van der Waals surface area contributed by atoms with Crippen LogP contribution in [0.2, 0.25) is 0 Å². The predicted octanol–water partition coefficient (Wildman–Crippen LogP) is 4.03. The number of rotatable bonds is 6. The number of aryl methyl sites for hydroxylation is 1. The lowest BCUT2D eigenvalue weighted by atomic mass is 10.2. The second kappa shape index (κ2) is 8.01. The fraction of sp³-hybridized carbons (Fsp3) is 0.222. The van der Waals surface area contributed by atoms with Crippen molar-refractivity contribution in [3.63, 3.8) is 0 Å². The number of hydrogen-bond acceptors (Lipinski definition) is 6. The van der Waals surface area contributed by atoms with Gasteiger partial charge >= 0.3 is 0 Å². The van der Waals surface area contributed by atoms with Gasteiger partial charge in [-0.1, -0.05) is 30.4 Å². The lowest BCUT2D eigenvalue weighted by Gasteiger charge is -2.11. The zero-order valence-electron chi connectivity index (χ0n) is 14.3. The van der Waals surface area contributed by atoms with Gasteiger partial charge in [0.25, 0.3) is 5.91 Å². The average Bonchev–Trinajstić information content (AvgIpc) is 3.11. The van der Waals surface area contributed by atoms with E-state index in [0.29, 0.717) is 5.01 Å². The summed E-state index contributed by atoms with van der Waals surface area (Å²) in [5.41, 5.74) is 1.13. The molecule has 1 atom stereocenters. The predicted molar refractivity (Wildman–Crippen MR) is 96.9 cm³/mol. The minimum Gasteiger partial charge on any atom is -0.483 e. The molecule has 1 N–H and O–H groups in total. The zero-order valence-corrected chi connectivity index (χ0v) is 15.1. The van der Waals surface area contributed by atoms with Crippen LogP contribution in [-0.2, 0) is 6.42 Å². The van der Waals surface area contributed by atoms with Gasteiger partial charge in [-0.25, -0.2) is 4.39 Å². The number of pyridine rings is 1. The molecule has 26 heavy (non-hydrogen) atoms. The van der Waals surface area contributed by atoms with Crippen LogP contribution in [0.25, 0.3) is 0 Å². The van der Waals surface area contributed by atoms with Crippen LogP contribution in [0.4, 0.5) is 9.52 Å². The van der Waals surface area contributed by atoms with Gasteiger partial charge in [-0.05, 0) is 37.1 Å². The maximum absolute atomic E-state index is 13.6. The summed E-state index contributed by atoms with van der Waals surface area (Å²) in [6, 6.07) is 9.14. The maximum Gasteiger partial charge on any atom is 0.260 e. The van der Waals surface area contributed by atoms with Gasteiger partial charge in [-0.15, -0.1) is 10.2 Å². The quantitative estimate of drug-likeness (QED) is 0.707. The second-order valence-electron chi connectivity index (χ2n) is 5.51. The molecule has 6 nitrogen and oxygen atoms in total. The van der Waals surface area contributed by atoms with Gasteiger partial charge < -0.3 is 4.74 Å². The molecule has 0 aliphatic carbocycles. The van der Waals surface area contributed by atoms with E-state index >= 15 is 0 Å². The molecule has 1 amide bonds. The fourth-order valence-electron chi connectivity index (χ4n) is 2.23. The Labute approximate surface area is 154 Å². The Bertz CT molecular complexity index is 898. The minimum atomic E-state index is -0.693. The average molecular weight is 372 g/mol. The van der Waals surface area contributed by atoms with E-state index in [-0.39, 0.29) is 16.8 Å². The number of halogens is 1. The summed E-state index contributed by atoms with van der Waals surface area (Å²) >= 11 is 1.18. The number of hydrogen-bond donors (Lipinski definition) is 1. The molecule has 1 unspecified atom stereocenters. The number of ether oxygens (including phenoxy) is 1. The number of benzene rings is 1. The highest BCUT2D eigenvalue weighted by molar-refractivity contribution is 7.15. The van der Waals surface area contributed by atoms with Crippen LogP contribution in [0, 0.1) is 5.82 Å². The van der Waals surface area contributed by atoms with Crippen molar-refractivity contribution >= 4 is 22.4 Å². The Morgan fingerprint density at radius 1 is 1.27 bits per heavy atom. The monoisotopic (exact) mass is 372 g/mol. The molecular formula is C18H17FN4O2S. The van der Waals surface area contributed by atoms with E-state index in [1.54, 1.807) is 0 Å². The van der Waals surface area contributed by atoms with Crippen molar-refractivity contribution in [2.75, 3.05) is 5.32 Å². The molecule has 134 valence electrons. The summed E-state index contributed by atoms with van der Waals surface area (Å²) in [6.45, 7) is 3.94. The van der Waals surface area contributed by atoms with Crippen LogP contribution < -0.4 is 10.1 Å². The first-order valence-corrected chi connectivity index (χ1v) is 8.88. The van der Waals surface area contributed by atoms with Crippen LogP contribution in [-0.4, -0.2) is 21.1 Å². The first kappa shape index (κ1) is 17.9. The van der Waals surface area contributed by atoms with Gasteiger partial charge in [0, 0.05) is 6.20 Å². The smallest absolute Gasteiger partial charge is 0.260 e. The second-order valence-corrected chi connectivity index (χ2v) is 6.52. The molecule has 3 rings (SSSR count). The molecule has 0 fully saturated rings. The SMILES string of the molecule is CCc1ccc(OC(C)c2nnc(NC(=O)c3ccncc3F)s2)cc1. The highest BCUT2D eigenvalue weighted by atomic mass is 32.1. The van der Waals surface area contributed by atoms with Crippen LogP contribution >= 0.6 is 11.3 Å². The highest BCUT2D eigenvalue weighted by Crippen LogP contribution is 2.26. The Kier molecular flexibility index (Phi) is 5.52. The molecule has 8 heteroatoms. The van der Waals surface area contributed by atoms with E-state index < -0.39 is 11.7 Å². The normalized spacial score (nSPS) is 11.8. The number of nitrogens with one attached hydrogen (secondary N) is 1. The molecule has 0 aliphatic heterocycles. The van der Waals surface area contributed by atoms with Gasteiger partial charge in [0.2, 0.25) is 5.13 Å². The van der Waals surface area contributed by atoms with Crippen molar-refractivity contribution in [2.24, 2.45) is 0 Å². The number of nitrogens with zero attached hydrogens (tertiary/aromatic N) is 3. The Hall–Kier alpha value is -2.87. The summed E-state index contributed by atoms with van der Waals surface area (Å²) in [4.78, 5) is 15.7. The largest absolute Gasteiger partial charge is 0.483 e. The molecule has 0 spiro atoms. The van der Waals surface area contributed by atoms with Crippen molar-refractivity contribution in [3.8, 4) is 5.75 Å². The third-order valence-corrected chi connectivity index (χ3v) is 4.67. The van der Waals surface area contributed by atoms with Crippen molar-refractivity contribution in [1.29, 1.82) is 0 Å². The summed E-state index contributed by atoms with van der Waals surface area (Å²) in [6.07, 6.45) is 2.97. The molecule has 2 aromatic heterocycles. The van der Waals surface area contributed by atoms with Crippen molar-refractivity contribution in [3.05, 3.63) is 64.7 Å². The summed E-state index contributed by atoms with van der Waals surface area (Å²) in [5.74, 6) is -0.562. The van der Waals surface area contributed by atoms with Crippen molar-refractivity contribution in [2.45, 2.75) is 26.4 Å². The van der Waals surface area contributed by atoms with Crippen molar-refractivity contribution in [1.82, 2.24) is 15.2 Å². The number of carbonyl (C=O) groups is 1. The maximum atomic E-state index is 13.6. The Morgan fingerprint density at radius 3 is 2.73 bits per heavy atom. The van der Waals surface area contributed by atoms with Crippen LogP contribution in [0.3, 0.4) is 0 Å². The van der Waals surface area contributed by atoms with Crippen LogP contribution in [0.15, 0.2) is 42.7 Å². The summed E-state index contributed by atoms with van der Waals surface area (Å²) < 4.78 is 19.4. The van der Waals surface area contributed by atoms with Crippen LogP contribution in [0.5, 0.6) is 5.75 Å². The molecule has 0 bridgehead atoms. The lowest BCUT2D eigenvalue weighted by molar-refractivity contribution is 0.102. The van der Waals surface area contributed by atoms with E-state index in [4.69, 9.17) is 4.74 Å². The lowest BCUT2D eigenvalue weighted by Crippen LogP contribution is -2.13. The molecular weight excluding hydrogens is 355 g/mol. The fourth-order valence-corrected chi connectivity index (χ4v) is 2.95. The zero-order chi connectivity index (χ0) is 18.5.